The second-order valence-corrected chi connectivity index (χ2v) is 6.37. The summed E-state index contributed by atoms with van der Waals surface area (Å²) in [5, 5.41) is 8.86. The van der Waals surface area contributed by atoms with E-state index in [2.05, 4.69) is 0 Å². The Morgan fingerprint density at radius 2 is 1.96 bits per heavy atom. The van der Waals surface area contributed by atoms with Crippen LogP contribution in [0.25, 0.3) is 0 Å². The normalized spacial score (nSPS) is 18.7. The van der Waals surface area contributed by atoms with E-state index < -0.39 is 35.0 Å². The number of hydrogen-bond donors (Lipinski definition) is 1. The maximum absolute atomic E-state index is 13.2. The monoisotopic (exact) mass is 376 g/mol. The maximum Gasteiger partial charge on any atom is 0.417 e. The van der Waals surface area contributed by atoms with Gasteiger partial charge in [0.25, 0.3) is 5.91 Å². The summed E-state index contributed by atoms with van der Waals surface area (Å²) >= 11 is 0. The van der Waals surface area contributed by atoms with Gasteiger partial charge in [-0.15, -0.1) is 0 Å². The summed E-state index contributed by atoms with van der Waals surface area (Å²) in [5.41, 5.74) is -1.86. The molecule has 1 aliphatic heterocycles. The van der Waals surface area contributed by atoms with Gasteiger partial charge >= 0.3 is 12.1 Å². The van der Waals surface area contributed by atoms with Crippen LogP contribution in [0, 0.1) is 5.82 Å². The molecule has 2 rings (SSSR count). The Hall–Kier alpha value is -2.16. The lowest BCUT2D eigenvalue weighted by molar-refractivity contribution is -0.139. The van der Waals surface area contributed by atoms with Crippen molar-refractivity contribution in [1.82, 2.24) is 9.80 Å². The Labute approximate surface area is 148 Å². The molecular formula is C17H20F4N2O3. The third kappa shape index (κ3) is 4.94. The molecule has 144 valence electrons. The topological polar surface area (TPSA) is 60.9 Å². The zero-order valence-electron chi connectivity index (χ0n) is 14.2. The van der Waals surface area contributed by atoms with E-state index >= 15 is 0 Å². The zero-order valence-corrected chi connectivity index (χ0v) is 14.2. The average molecular weight is 376 g/mol. The number of hydrogen-bond acceptors (Lipinski definition) is 3. The Morgan fingerprint density at radius 3 is 2.58 bits per heavy atom. The van der Waals surface area contributed by atoms with Crippen molar-refractivity contribution in [3.63, 3.8) is 0 Å². The van der Waals surface area contributed by atoms with E-state index in [0.29, 0.717) is 25.3 Å². The van der Waals surface area contributed by atoms with Crippen LogP contribution in [0.1, 0.15) is 35.2 Å². The number of aliphatic carboxylic acids is 1. The molecule has 0 aliphatic carbocycles. The summed E-state index contributed by atoms with van der Waals surface area (Å²) in [6.07, 6.45) is -3.19. The van der Waals surface area contributed by atoms with E-state index in [9.17, 15) is 27.2 Å². The number of benzene rings is 1. The molecule has 26 heavy (non-hydrogen) atoms. The fourth-order valence-electron chi connectivity index (χ4n) is 3.17. The van der Waals surface area contributed by atoms with Crippen LogP contribution in [0.15, 0.2) is 18.2 Å². The molecule has 1 N–H and O–H groups in total. The number of carboxylic acid groups (broad SMARTS) is 1. The highest BCUT2D eigenvalue weighted by Crippen LogP contribution is 2.33. The van der Waals surface area contributed by atoms with Gasteiger partial charge in [0, 0.05) is 19.1 Å². The van der Waals surface area contributed by atoms with Crippen LogP contribution in [0.3, 0.4) is 0 Å². The van der Waals surface area contributed by atoms with Gasteiger partial charge in [0.05, 0.1) is 17.7 Å². The molecular weight excluding hydrogens is 356 g/mol. The molecule has 1 aromatic rings. The van der Waals surface area contributed by atoms with Crippen molar-refractivity contribution < 1.29 is 32.3 Å². The fraction of sp³-hybridized carbons (Fsp3) is 0.529. The van der Waals surface area contributed by atoms with Gasteiger partial charge in [-0.3, -0.25) is 14.5 Å². The third-order valence-corrected chi connectivity index (χ3v) is 4.51. The average Bonchev–Trinajstić information content (AvgIpc) is 2.78. The lowest BCUT2D eigenvalue weighted by Crippen LogP contribution is -2.37. The highest BCUT2D eigenvalue weighted by molar-refractivity contribution is 5.96. The summed E-state index contributed by atoms with van der Waals surface area (Å²) in [4.78, 5) is 26.4. The number of carbonyl (C=O) groups is 2. The van der Waals surface area contributed by atoms with E-state index in [1.54, 1.807) is 11.9 Å². The molecule has 1 atom stereocenters. The number of halogens is 4. The number of carboxylic acids is 1. The van der Waals surface area contributed by atoms with Crippen molar-refractivity contribution in [2.75, 3.05) is 26.7 Å². The van der Waals surface area contributed by atoms with Gasteiger partial charge in [-0.25, -0.2) is 4.39 Å². The molecule has 1 aromatic carbocycles. The van der Waals surface area contributed by atoms with Crippen LogP contribution in [-0.2, 0) is 11.0 Å². The van der Waals surface area contributed by atoms with E-state index in [1.807, 2.05) is 0 Å². The third-order valence-electron chi connectivity index (χ3n) is 4.51. The van der Waals surface area contributed by atoms with Gasteiger partial charge in [-0.05, 0) is 44.5 Å². The molecule has 0 radical (unpaired) electrons. The van der Waals surface area contributed by atoms with Crippen LogP contribution in [0.2, 0.25) is 0 Å². The first-order valence-corrected chi connectivity index (χ1v) is 8.17. The van der Waals surface area contributed by atoms with Crippen molar-refractivity contribution in [2.24, 2.45) is 0 Å². The molecule has 5 nitrogen and oxygen atoms in total. The summed E-state index contributed by atoms with van der Waals surface area (Å²) in [6.45, 7) is 0.335. The first-order chi connectivity index (χ1) is 12.1. The van der Waals surface area contributed by atoms with Gasteiger partial charge in [-0.1, -0.05) is 0 Å². The van der Waals surface area contributed by atoms with Crippen LogP contribution in [-0.4, -0.2) is 59.5 Å². The van der Waals surface area contributed by atoms with Crippen LogP contribution in [0.5, 0.6) is 0 Å². The predicted octanol–water partition coefficient (Wildman–Crippen LogP) is 2.86. The summed E-state index contributed by atoms with van der Waals surface area (Å²) in [7, 11) is 1.66. The van der Waals surface area contributed by atoms with E-state index in [0.717, 1.165) is 12.1 Å². The molecule has 1 fully saturated rings. The quantitative estimate of drug-likeness (QED) is 0.821. The SMILES string of the molecule is CN(CC(=O)O)C1CCCN(C(=O)c2ccc(F)cc2C(F)(F)F)CC1. The van der Waals surface area contributed by atoms with Crippen molar-refractivity contribution in [2.45, 2.75) is 31.5 Å². The second kappa shape index (κ2) is 8.03. The smallest absolute Gasteiger partial charge is 0.417 e. The Kier molecular flexibility index (Phi) is 6.22. The van der Waals surface area contributed by atoms with Crippen molar-refractivity contribution in [3.05, 3.63) is 35.1 Å². The molecule has 1 amide bonds. The molecule has 0 spiro atoms. The lowest BCUT2D eigenvalue weighted by atomic mass is 10.1. The minimum absolute atomic E-state index is 0.0702. The highest BCUT2D eigenvalue weighted by atomic mass is 19.4. The van der Waals surface area contributed by atoms with Gasteiger partial charge in [0.15, 0.2) is 0 Å². The van der Waals surface area contributed by atoms with Gasteiger partial charge in [0.1, 0.15) is 5.82 Å². The first kappa shape index (κ1) is 20.2. The second-order valence-electron chi connectivity index (χ2n) is 6.37. The van der Waals surface area contributed by atoms with Crippen molar-refractivity contribution >= 4 is 11.9 Å². The standard InChI is InChI=1S/C17H20F4N2O3/c1-22(10-15(24)25)12-3-2-7-23(8-6-12)16(26)13-5-4-11(18)9-14(13)17(19,20)21/h4-5,9,12H,2-3,6-8,10H2,1H3,(H,24,25). The van der Waals surface area contributed by atoms with Crippen molar-refractivity contribution in [1.29, 1.82) is 0 Å². The Bertz CT molecular complexity index is 678. The molecule has 9 heteroatoms. The fourth-order valence-corrected chi connectivity index (χ4v) is 3.17. The Balaban J connectivity index is 2.15. The largest absolute Gasteiger partial charge is 0.480 e. The number of nitrogens with zero attached hydrogens (tertiary/aromatic N) is 2. The van der Waals surface area contributed by atoms with E-state index in [1.165, 1.54) is 4.90 Å². The zero-order chi connectivity index (χ0) is 19.5. The molecule has 0 bridgehead atoms. The van der Waals surface area contributed by atoms with E-state index in [4.69, 9.17) is 5.11 Å². The number of carbonyl (C=O) groups excluding carboxylic acids is 1. The molecule has 0 aromatic heterocycles. The van der Waals surface area contributed by atoms with Crippen LogP contribution in [0.4, 0.5) is 17.6 Å². The van der Waals surface area contributed by atoms with Crippen LogP contribution < -0.4 is 0 Å². The minimum atomic E-state index is -4.83. The first-order valence-electron chi connectivity index (χ1n) is 8.17. The molecule has 0 saturated carbocycles. The number of alkyl halides is 3. The van der Waals surface area contributed by atoms with E-state index in [-0.39, 0.29) is 25.7 Å². The molecule has 1 aliphatic rings. The maximum atomic E-state index is 13.2. The van der Waals surface area contributed by atoms with Crippen LogP contribution >= 0.6 is 0 Å². The highest BCUT2D eigenvalue weighted by Gasteiger charge is 2.37. The Morgan fingerprint density at radius 1 is 1.27 bits per heavy atom. The number of amides is 1. The number of likely N-dealkylation sites (tertiary alicyclic amines) is 1. The van der Waals surface area contributed by atoms with Gasteiger partial charge in [0.2, 0.25) is 0 Å². The predicted molar refractivity (Wildman–Crippen MR) is 85.2 cm³/mol. The summed E-state index contributed by atoms with van der Waals surface area (Å²) in [5.74, 6) is -2.82. The summed E-state index contributed by atoms with van der Waals surface area (Å²) < 4.78 is 52.6. The molecule has 1 heterocycles. The minimum Gasteiger partial charge on any atom is -0.480 e. The number of likely N-dealkylation sites (N-methyl/N-ethyl adjacent to an activating group) is 1. The van der Waals surface area contributed by atoms with Gasteiger partial charge < -0.3 is 10.0 Å². The summed E-state index contributed by atoms with van der Waals surface area (Å²) in [6, 6.07) is 1.96. The lowest BCUT2D eigenvalue weighted by Gasteiger charge is -2.26. The van der Waals surface area contributed by atoms with Crippen molar-refractivity contribution in [3.8, 4) is 0 Å². The molecule has 1 saturated heterocycles. The van der Waals surface area contributed by atoms with Gasteiger partial charge in [-0.2, -0.15) is 13.2 Å². The number of rotatable bonds is 4. The molecule has 1 unspecified atom stereocenters.